The van der Waals surface area contributed by atoms with E-state index < -0.39 is 0 Å². The highest BCUT2D eigenvalue weighted by Crippen LogP contribution is 2.13. The molecular weight excluding hydrogens is 274 g/mol. The fraction of sp³-hybridized carbons (Fsp3) is 0.571. The summed E-state index contributed by atoms with van der Waals surface area (Å²) in [4.78, 5) is 26.3. The van der Waals surface area contributed by atoms with Crippen LogP contribution in [0.5, 0.6) is 0 Å². The van der Waals surface area contributed by atoms with Gasteiger partial charge in [-0.2, -0.15) is 0 Å². The average Bonchev–Trinajstić information content (AvgIpc) is 3.00. The Labute approximate surface area is 123 Å². The summed E-state index contributed by atoms with van der Waals surface area (Å²) in [5, 5.41) is 7.82. The van der Waals surface area contributed by atoms with Crippen LogP contribution in [0.3, 0.4) is 0 Å². The largest absolute Gasteiger partial charge is 0.348 e. The number of carbonyl (C=O) groups is 2. The summed E-state index contributed by atoms with van der Waals surface area (Å²) >= 11 is 1.45. The molecule has 2 N–H and O–H groups in total. The molecule has 0 radical (unpaired) electrons. The van der Waals surface area contributed by atoms with E-state index in [2.05, 4.69) is 10.6 Å². The van der Waals surface area contributed by atoms with E-state index in [0.717, 1.165) is 24.1 Å². The number of amides is 3. The van der Waals surface area contributed by atoms with Crippen LogP contribution in [0.2, 0.25) is 0 Å². The Morgan fingerprint density at radius 2 is 2.15 bits per heavy atom. The minimum absolute atomic E-state index is 0.00566. The SMILES string of the molecule is CCCNC(=O)N1CCC(NC(=O)c2cccs2)CC1. The van der Waals surface area contributed by atoms with Gasteiger partial charge in [0.2, 0.25) is 0 Å². The van der Waals surface area contributed by atoms with Gasteiger partial charge in [0.25, 0.3) is 5.91 Å². The molecular formula is C14H21N3O2S. The van der Waals surface area contributed by atoms with Crippen molar-refractivity contribution in [3.8, 4) is 0 Å². The first-order valence-electron chi connectivity index (χ1n) is 7.08. The second-order valence-corrected chi connectivity index (χ2v) is 5.89. The van der Waals surface area contributed by atoms with E-state index in [0.29, 0.717) is 19.6 Å². The predicted octanol–water partition coefficient (Wildman–Crippen LogP) is 2.06. The maximum atomic E-state index is 11.9. The Balaban J connectivity index is 1.74. The molecule has 1 fully saturated rings. The van der Waals surface area contributed by atoms with Crippen molar-refractivity contribution in [2.24, 2.45) is 0 Å². The number of nitrogens with one attached hydrogen (secondary N) is 2. The van der Waals surface area contributed by atoms with E-state index >= 15 is 0 Å². The maximum Gasteiger partial charge on any atom is 0.317 e. The van der Waals surface area contributed by atoms with Crippen molar-refractivity contribution in [3.05, 3.63) is 22.4 Å². The molecule has 6 heteroatoms. The van der Waals surface area contributed by atoms with E-state index in [1.54, 1.807) is 0 Å². The lowest BCUT2D eigenvalue weighted by Gasteiger charge is -2.32. The van der Waals surface area contributed by atoms with Crippen molar-refractivity contribution >= 4 is 23.3 Å². The minimum Gasteiger partial charge on any atom is -0.348 e. The molecule has 0 atom stereocenters. The molecule has 2 heterocycles. The molecule has 3 amide bonds. The van der Waals surface area contributed by atoms with Gasteiger partial charge >= 0.3 is 6.03 Å². The highest BCUT2D eigenvalue weighted by molar-refractivity contribution is 7.12. The number of piperidine rings is 1. The maximum absolute atomic E-state index is 11.9. The fourth-order valence-corrected chi connectivity index (χ4v) is 2.86. The lowest BCUT2D eigenvalue weighted by atomic mass is 10.1. The highest BCUT2D eigenvalue weighted by atomic mass is 32.1. The summed E-state index contributed by atoms with van der Waals surface area (Å²) in [5.74, 6) is -0.00566. The smallest absolute Gasteiger partial charge is 0.317 e. The van der Waals surface area contributed by atoms with Gasteiger partial charge in [-0.3, -0.25) is 4.79 Å². The number of nitrogens with zero attached hydrogens (tertiary/aromatic N) is 1. The van der Waals surface area contributed by atoms with Crippen LogP contribution in [0, 0.1) is 0 Å². The highest BCUT2D eigenvalue weighted by Gasteiger charge is 2.23. The molecule has 0 aliphatic carbocycles. The van der Waals surface area contributed by atoms with Gasteiger partial charge in [0.1, 0.15) is 0 Å². The molecule has 2 rings (SSSR count). The van der Waals surface area contributed by atoms with Crippen LogP contribution >= 0.6 is 11.3 Å². The average molecular weight is 295 g/mol. The molecule has 1 aliphatic heterocycles. The fourth-order valence-electron chi connectivity index (χ4n) is 2.23. The van der Waals surface area contributed by atoms with Gasteiger partial charge in [-0.05, 0) is 30.7 Å². The first-order chi connectivity index (χ1) is 9.70. The van der Waals surface area contributed by atoms with E-state index in [9.17, 15) is 9.59 Å². The van der Waals surface area contributed by atoms with E-state index in [4.69, 9.17) is 0 Å². The van der Waals surface area contributed by atoms with Crippen molar-refractivity contribution in [1.29, 1.82) is 0 Å². The van der Waals surface area contributed by atoms with Crippen LogP contribution in [-0.2, 0) is 0 Å². The molecule has 1 aliphatic rings. The predicted molar refractivity (Wildman–Crippen MR) is 80.1 cm³/mol. The Kier molecular flexibility index (Phi) is 5.40. The second kappa shape index (κ2) is 7.28. The third kappa shape index (κ3) is 3.96. The van der Waals surface area contributed by atoms with Gasteiger partial charge < -0.3 is 15.5 Å². The van der Waals surface area contributed by atoms with Crippen LogP contribution in [0.4, 0.5) is 4.79 Å². The summed E-state index contributed by atoms with van der Waals surface area (Å²) in [6, 6.07) is 3.88. The Morgan fingerprint density at radius 1 is 1.40 bits per heavy atom. The molecule has 20 heavy (non-hydrogen) atoms. The van der Waals surface area contributed by atoms with Gasteiger partial charge in [0, 0.05) is 25.7 Å². The third-order valence-corrected chi connectivity index (χ3v) is 4.26. The number of urea groups is 1. The summed E-state index contributed by atoms with van der Waals surface area (Å²) < 4.78 is 0. The molecule has 0 unspecified atom stereocenters. The van der Waals surface area contributed by atoms with Crippen molar-refractivity contribution in [2.45, 2.75) is 32.2 Å². The zero-order valence-electron chi connectivity index (χ0n) is 11.7. The van der Waals surface area contributed by atoms with Crippen LogP contribution in [0.15, 0.2) is 17.5 Å². The summed E-state index contributed by atoms with van der Waals surface area (Å²) in [6.07, 6.45) is 2.58. The standard InChI is InChI=1S/C14H21N3O2S/c1-2-7-15-14(19)17-8-5-11(6-9-17)16-13(18)12-4-3-10-20-12/h3-4,10-11H,2,5-9H2,1H3,(H,15,19)(H,16,18). The second-order valence-electron chi connectivity index (χ2n) is 4.94. The quantitative estimate of drug-likeness (QED) is 0.893. The number of hydrogen-bond donors (Lipinski definition) is 2. The van der Waals surface area contributed by atoms with Gasteiger partial charge in [-0.1, -0.05) is 13.0 Å². The molecule has 0 aromatic carbocycles. The van der Waals surface area contributed by atoms with Gasteiger partial charge in [-0.25, -0.2) is 4.79 Å². The van der Waals surface area contributed by atoms with Crippen LogP contribution < -0.4 is 10.6 Å². The lowest BCUT2D eigenvalue weighted by molar-refractivity contribution is 0.0922. The lowest BCUT2D eigenvalue weighted by Crippen LogP contribution is -2.49. The van der Waals surface area contributed by atoms with Crippen LogP contribution in [-0.4, -0.2) is 42.5 Å². The molecule has 1 aromatic rings. The van der Waals surface area contributed by atoms with Crippen molar-refractivity contribution in [2.75, 3.05) is 19.6 Å². The molecule has 1 saturated heterocycles. The topological polar surface area (TPSA) is 61.4 Å². The number of thiophene rings is 1. The molecule has 110 valence electrons. The first kappa shape index (κ1) is 14.8. The Morgan fingerprint density at radius 3 is 2.75 bits per heavy atom. The van der Waals surface area contributed by atoms with Crippen molar-refractivity contribution < 1.29 is 9.59 Å². The number of rotatable bonds is 4. The zero-order chi connectivity index (χ0) is 14.4. The minimum atomic E-state index is -0.00566. The zero-order valence-corrected chi connectivity index (χ0v) is 12.5. The van der Waals surface area contributed by atoms with Gasteiger partial charge in [0.05, 0.1) is 4.88 Å². The van der Waals surface area contributed by atoms with Crippen molar-refractivity contribution in [3.63, 3.8) is 0 Å². The van der Waals surface area contributed by atoms with E-state index in [-0.39, 0.29) is 18.0 Å². The normalized spacial score (nSPS) is 15.9. The monoisotopic (exact) mass is 295 g/mol. The summed E-state index contributed by atoms with van der Waals surface area (Å²) in [6.45, 7) is 4.15. The number of hydrogen-bond acceptors (Lipinski definition) is 3. The van der Waals surface area contributed by atoms with Gasteiger partial charge in [0.15, 0.2) is 0 Å². The molecule has 0 bridgehead atoms. The molecule has 0 spiro atoms. The summed E-state index contributed by atoms with van der Waals surface area (Å²) in [7, 11) is 0. The van der Waals surface area contributed by atoms with Gasteiger partial charge in [-0.15, -0.1) is 11.3 Å². The first-order valence-corrected chi connectivity index (χ1v) is 7.95. The van der Waals surface area contributed by atoms with Crippen LogP contribution in [0.25, 0.3) is 0 Å². The summed E-state index contributed by atoms with van der Waals surface area (Å²) in [5.41, 5.74) is 0. The third-order valence-electron chi connectivity index (χ3n) is 3.39. The van der Waals surface area contributed by atoms with Crippen molar-refractivity contribution in [1.82, 2.24) is 15.5 Å². The number of likely N-dealkylation sites (tertiary alicyclic amines) is 1. The number of carbonyl (C=O) groups excluding carboxylic acids is 2. The van der Waals surface area contributed by atoms with Crippen LogP contribution in [0.1, 0.15) is 35.9 Å². The molecule has 5 nitrogen and oxygen atoms in total. The molecule has 0 saturated carbocycles. The van der Waals surface area contributed by atoms with E-state index in [1.165, 1.54) is 11.3 Å². The molecule has 1 aromatic heterocycles. The Hall–Kier alpha value is -1.56. The Bertz CT molecular complexity index is 439. The van der Waals surface area contributed by atoms with E-state index in [1.807, 2.05) is 29.3 Å².